The van der Waals surface area contributed by atoms with Gasteiger partial charge in [0, 0.05) is 44.4 Å². The lowest BCUT2D eigenvalue weighted by Gasteiger charge is -2.28. The summed E-state index contributed by atoms with van der Waals surface area (Å²) in [7, 11) is 0. The Balaban J connectivity index is 0.969. The normalized spacial score (nSPS) is 15.3. The van der Waals surface area contributed by atoms with Gasteiger partial charge >= 0.3 is 0 Å². The smallest absolute Gasteiger partial charge is 0.155 e. The van der Waals surface area contributed by atoms with Crippen molar-refractivity contribution in [1.82, 2.24) is 9.13 Å². The van der Waals surface area contributed by atoms with Crippen molar-refractivity contribution in [1.29, 1.82) is 0 Å². The summed E-state index contributed by atoms with van der Waals surface area (Å²) < 4.78 is 4.81. The Labute approximate surface area is 366 Å². The molecule has 0 saturated heterocycles. The van der Waals surface area contributed by atoms with Crippen molar-refractivity contribution in [3.63, 3.8) is 0 Å². The highest BCUT2D eigenvalue weighted by Crippen LogP contribution is 2.42. The number of aliphatic imine (C=N–C) groups is 2. The molecule has 0 N–H and O–H groups in total. The zero-order valence-corrected chi connectivity index (χ0v) is 34.8. The number of aromatic nitrogens is 2. The number of rotatable bonds is 7. The van der Waals surface area contributed by atoms with E-state index in [2.05, 4.69) is 234 Å². The summed E-state index contributed by atoms with van der Waals surface area (Å²) in [6.07, 6.45) is 0. The molecule has 63 heavy (non-hydrogen) atoms. The van der Waals surface area contributed by atoms with Gasteiger partial charge in [0.15, 0.2) is 5.84 Å². The number of hydrogen-bond acceptors (Lipinski definition) is 2. The van der Waals surface area contributed by atoms with Gasteiger partial charge in [0.2, 0.25) is 0 Å². The van der Waals surface area contributed by atoms with Gasteiger partial charge in [0.1, 0.15) is 0 Å². The van der Waals surface area contributed by atoms with Crippen molar-refractivity contribution < 1.29 is 0 Å². The average molecular weight is 807 g/mol. The van der Waals surface area contributed by atoms with E-state index in [1.54, 1.807) is 0 Å². The van der Waals surface area contributed by atoms with Crippen LogP contribution in [0.2, 0.25) is 0 Å². The summed E-state index contributed by atoms with van der Waals surface area (Å²) in [4.78, 5) is 10.6. The van der Waals surface area contributed by atoms with Crippen LogP contribution in [-0.2, 0) is 0 Å². The lowest BCUT2D eigenvalue weighted by atomic mass is 9.85. The summed E-state index contributed by atoms with van der Waals surface area (Å²) in [6.45, 7) is 2.26. The first-order valence-electron chi connectivity index (χ1n) is 21.8. The van der Waals surface area contributed by atoms with E-state index in [1.807, 2.05) is 6.07 Å². The third-order valence-corrected chi connectivity index (χ3v) is 12.9. The first kappa shape index (κ1) is 36.7. The minimum Gasteiger partial charge on any atom is -0.309 e. The predicted octanol–water partition coefficient (Wildman–Crippen LogP) is 14.8. The summed E-state index contributed by atoms with van der Waals surface area (Å²) >= 11 is 0. The molecule has 0 bridgehead atoms. The number of benzene rings is 9. The van der Waals surface area contributed by atoms with E-state index >= 15 is 0 Å². The SMILES string of the molecule is CC1C(c2ccccc2)=NC(c2ccccc2)=NC1c1cccc(-c2cccc3c2c2ccccc2n3-c2cccc(-c3ccc4c(c3)c3ccccc3n4-c3ccccc3)c2)c1. The molecule has 3 heterocycles. The van der Waals surface area contributed by atoms with E-state index in [-0.39, 0.29) is 12.0 Å². The van der Waals surface area contributed by atoms with E-state index in [9.17, 15) is 0 Å². The van der Waals surface area contributed by atoms with Crippen LogP contribution in [0.5, 0.6) is 0 Å². The lowest BCUT2D eigenvalue weighted by molar-refractivity contribution is 0.592. The van der Waals surface area contributed by atoms with Crippen LogP contribution in [0.4, 0.5) is 0 Å². The zero-order valence-electron chi connectivity index (χ0n) is 34.8. The van der Waals surface area contributed by atoms with E-state index in [4.69, 9.17) is 9.98 Å². The second-order valence-corrected chi connectivity index (χ2v) is 16.6. The van der Waals surface area contributed by atoms with Crippen molar-refractivity contribution in [3.05, 3.63) is 241 Å². The molecule has 4 heteroatoms. The molecule has 0 amide bonds. The molecular formula is C59H42N4. The molecule has 9 aromatic carbocycles. The summed E-state index contributed by atoms with van der Waals surface area (Å²) in [6, 6.07) is 80.7. The topological polar surface area (TPSA) is 34.6 Å². The second kappa shape index (κ2) is 15.1. The predicted molar refractivity (Wildman–Crippen MR) is 264 cm³/mol. The molecule has 0 fully saturated rings. The van der Waals surface area contributed by atoms with Crippen molar-refractivity contribution in [2.45, 2.75) is 13.0 Å². The molecule has 0 spiro atoms. The third-order valence-electron chi connectivity index (χ3n) is 12.9. The molecular weight excluding hydrogens is 765 g/mol. The number of amidine groups is 1. The molecule has 0 aliphatic carbocycles. The Bertz CT molecular complexity index is 3580. The Morgan fingerprint density at radius 2 is 0.937 bits per heavy atom. The van der Waals surface area contributed by atoms with Crippen LogP contribution in [-0.4, -0.2) is 20.7 Å². The molecule has 4 nitrogen and oxygen atoms in total. The zero-order chi connectivity index (χ0) is 41.9. The van der Waals surface area contributed by atoms with E-state index < -0.39 is 0 Å². The van der Waals surface area contributed by atoms with Gasteiger partial charge < -0.3 is 9.13 Å². The first-order chi connectivity index (χ1) is 31.2. The first-order valence-corrected chi connectivity index (χ1v) is 21.8. The number of para-hydroxylation sites is 3. The van der Waals surface area contributed by atoms with Crippen LogP contribution >= 0.6 is 0 Å². The van der Waals surface area contributed by atoms with E-state index in [0.717, 1.165) is 34.0 Å². The van der Waals surface area contributed by atoms with Crippen LogP contribution in [0.1, 0.15) is 29.7 Å². The van der Waals surface area contributed by atoms with E-state index in [0.29, 0.717) is 0 Å². The van der Waals surface area contributed by atoms with Crippen molar-refractivity contribution in [2.24, 2.45) is 15.9 Å². The van der Waals surface area contributed by atoms with Gasteiger partial charge in [-0.15, -0.1) is 0 Å². The molecule has 2 aromatic heterocycles. The van der Waals surface area contributed by atoms with Crippen LogP contribution in [0, 0.1) is 5.92 Å². The summed E-state index contributed by atoms with van der Waals surface area (Å²) in [5, 5.41) is 4.96. The fourth-order valence-electron chi connectivity index (χ4n) is 9.92. The minimum absolute atomic E-state index is 0.0725. The van der Waals surface area contributed by atoms with Gasteiger partial charge in [0.05, 0.1) is 33.8 Å². The molecule has 298 valence electrons. The highest BCUT2D eigenvalue weighted by atomic mass is 15.0. The largest absolute Gasteiger partial charge is 0.309 e. The molecule has 1 aliphatic rings. The minimum atomic E-state index is -0.106. The Hall–Kier alpha value is -8.08. The van der Waals surface area contributed by atoms with E-state index in [1.165, 1.54) is 71.4 Å². The fraction of sp³-hybridized carbons (Fsp3) is 0.0508. The summed E-state index contributed by atoms with van der Waals surface area (Å²) in [5.41, 5.74) is 16.2. The van der Waals surface area contributed by atoms with Gasteiger partial charge in [-0.2, -0.15) is 0 Å². The second-order valence-electron chi connectivity index (χ2n) is 16.6. The number of nitrogens with zero attached hydrogens (tertiary/aromatic N) is 4. The number of fused-ring (bicyclic) bond motifs is 6. The van der Waals surface area contributed by atoms with Crippen molar-refractivity contribution in [3.8, 4) is 33.6 Å². The molecule has 0 radical (unpaired) electrons. The average Bonchev–Trinajstić information content (AvgIpc) is 3.88. The summed E-state index contributed by atoms with van der Waals surface area (Å²) in [5.74, 6) is 0.845. The Morgan fingerprint density at radius 1 is 0.381 bits per heavy atom. The van der Waals surface area contributed by atoms with Gasteiger partial charge in [-0.3, -0.25) is 4.99 Å². The highest BCUT2D eigenvalue weighted by Gasteiger charge is 2.30. The Kier molecular flexibility index (Phi) is 8.82. The molecule has 12 rings (SSSR count). The standard InChI is InChI=1S/C59H42N4/c1-39-57(40-18-5-2-6-19-40)60-59(41-20-7-3-8-21-41)61-58(39)45-24-15-23-44(36-45)48-30-17-33-55-56(48)50-29-12-14-32-53(50)63(55)47-27-16-22-42(37-47)43-34-35-54-51(38-43)49-28-11-13-31-52(49)62(54)46-25-9-4-10-26-46/h2-39,58H,1H3. The monoisotopic (exact) mass is 806 g/mol. The maximum absolute atomic E-state index is 5.37. The molecule has 2 unspecified atom stereocenters. The van der Waals surface area contributed by atoms with Gasteiger partial charge in [0.25, 0.3) is 0 Å². The van der Waals surface area contributed by atoms with Gasteiger partial charge in [-0.25, -0.2) is 4.99 Å². The maximum Gasteiger partial charge on any atom is 0.155 e. The van der Waals surface area contributed by atoms with Gasteiger partial charge in [-0.05, 0) is 94.0 Å². The molecule has 11 aromatic rings. The lowest BCUT2D eigenvalue weighted by Crippen LogP contribution is -2.26. The maximum atomic E-state index is 5.37. The fourth-order valence-corrected chi connectivity index (χ4v) is 9.92. The van der Waals surface area contributed by atoms with Crippen LogP contribution in [0.3, 0.4) is 0 Å². The van der Waals surface area contributed by atoms with Crippen molar-refractivity contribution in [2.75, 3.05) is 0 Å². The third kappa shape index (κ3) is 6.22. The van der Waals surface area contributed by atoms with Crippen LogP contribution < -0.4 is 0 Å². The van der Waals surface area contributed by atoms with Crippen LogP contribution in [0.15, 0.2) is 234 Å². The van der Waals surface area contributed by atoms with Crippen molar-refractivity contribution >= 4 is 55.2 Å². The van der Waals surface area contributed by atoms with Crippen LogP contribution in [0.25, 0.3) is 77.2 Å². The molecule has 2 atom stereocenters. The molecule has 0 saturated carbocycles. The quantitative estimate of drug-likeness (QED) is 0.154. The van der Waals surface area contributed by atoms with Gasteiger partial charge in [-0.1, -0.05) is 171 Å². The molecule has 1 aliphatic heterocycles. The number of hydrogen-bond donors (Lipinski definition) is 0. The Morgan fingerprint density at radius 3 is 1.73 bits per heavy atom. The highest BCUT2D eigenvalue weighted by molar-refractivity contribution is 6.17.